The lowest BCUT2D eigenvalue weighted by molar-refractivity contribution is -0.131. The Labute approximate surface area is 164 Å². The molecule has 0 bridgehead atoms. The van der Waals surface area contributed by atoms with Crippen LogP contribution in [0.25, 0.3) is 17.5 Å². The van der Waals surface area contributed by atoms with Crippen molar-refractivity contribution in [2.45, 2.75) is 5.22 Å². The Bertz CT molecular complexity index is 1010. The largest absolute Gasteiger partial charge is 0.507 e. The average Bonchev–Trinajstić information content (AvgIpc) is 3.17. The zero-order valence-corrected chi connectivity index (χ0v) is 15.8. The number of aromatic nitrogens is 2. The first kappa shape index (κ1) is 19.3. The average molecular weight is 400 g/mol. The van der Waals surface area contributed by atoms with Crippen LogP contribution >= 0.6 is 11.8 Å². The third-order valence-corrected chi connectivity index (χ3v) is 4.49. The summed E-state index contributed by atoms with van der Waals surface area (Å²) >= 11 is 0.783. The molecule has 3 aromatic rings. The molecule has 0 aliphatic heterocycles. The summed E-state index contributed by atoms with van der Waals surface area (Å²) in [5.41, 5.74) is 0.932. The number of carboxylic acids is 1. The molecule has 9 heteroatoms. The summed E-state index contributed by atoms with van der Waals surface area (Å²) in [4.78, 5) is 11.5. The molecule has 0 atom stereocenters. The number of hydrogen-bond acceptors (Lipinski definition) is 8. The van der Waals surface area contributed by atoms with Gasteiger partial charge in [0, 0.05) is 17.2 Å². The molecular formula is C19H16N2O6S. The fourth-order valence-corrected chi connectivity index (χ4v) is 2.94. The van der Waals surface area contributed by atoms with Gasteiger partial charge in [-0.15, -0.1) is 10.2 Å². The van der Waals surface area contributed by atoms with Gasteiger partial charge in [-0.2, -0.15) is 0 Å². The lowest BCUT2D eigenvalue weighted by Gasteiger charge is -2.05. The van der Waals surface area contributed by atoms with Crippen molar-refractivity contribution < 1.29 is 28.9 Å². The number of phenolic OH excluding ortho intramolecular Hbond substituents is 1. The summed E-state index contributed by atoms with van der Waals surface area (Å²) in [5, 5.41) is 27.2. The highest BCUT2D eigenvalue weighted by molar-refractivity contribution is 8.03. The number of hydrogen-bond donors (Lipinski definition) is 2. The molecule has 1 aromatic heterocycles. The summed E-state index contributed by atoms with van der Waals surface area (Å²) in [6, 6.07) is 11.5. The highest BCUT2D eigenvalue weighted by atomic mass is 32.2. The number of benzene rings is 2. The summed E-state index contributed by atoms with van der Waals surface area (Å²) in [6.07, 6.45) is 1.33. The Kier molecular flexibility index (Phi) is 5.85. The molecule has 144 valence electrons. The number of nitrogens with zero attached hydrogens (tertiary/aromatic N) is 2. The SMILES string of the molecule is COc1cc(OC)cc(-c2nnc(S/C(=C\c3ccccc3O)C(=O)O)o2)c1. The molecule has 8 nitrogen and oxygen atoms in total. The predicted octanol–water partition coefficient (Wildman–Crippen LogP) is 3.68. The van der Waals surface area contributed by atoms with Gasteiger partial charge in [0.25, 0.3) is 5.22 Å². The molecule has 1 heterocycles. The second-order valence-corrected chi connectivity index (χ2v) is 6.44. The van der Waals surface area contributed by atoms with Gasteiger partial charge < -0.3 is 24.1 Å². The van der Waals surface area contributed by atoms with E-state index in [1.807, 2.05) is 0 Å². The second kappa shape index (κ2) is 8.49. The van der Waals surface area contributed by atoms with Crippen molar-refractivity contribution in [3.63, 3.8) is 0 Å². The number of carboxylic acid groups (broad SMARTS) is 1. The van der Waals surface area contributed by atoms with E-state index in [9.17, 15) is 15.0 Å². The third-order valence-electron chi connectivity index (χ3n) is 3.64. The number of aliphatic carboxylic acids is 1. The lowest BCUT2D eigenvalue weighted by atomic mass is 10.2. The van der Waals surface area contributed by atoms with E-state index in [0.29, 0.717) is 22.6 Å². The topological polar surface area (TPSA) is 115 Å². The van der Waals surface area contributed by atoms with E-state index in [-0.39, 0.29) is 21.8 Å². The van der Waals surface area contributed by atoms with Crippen LogP contribution in [0.15, 0.2) is 57.0 Å². The predicted molar refractivity (Wildman–Crippen MR) is 102 cm³/mol. The number of carbonyl (C=O) groups is 1. The molecule has 0 spiro atoms. The first-order valence-electron chi connectivity index (χ1n) is 7.98. The van der Waals surface area contributed by atoms with E-state index in [1.54, 1.807) is 36.4 Å². The van der Waals surface area contributed by atoms with Crippen molar-refractivity contribution in [1.29, 1.82) is 0 Å². The number of thioether (sulfide) groups is 1. The monoisotopic (exact) mass is 400 g/mol. The van der Waals surface area contributed by atoms with Crippen LogP contribution in [-0.2, 0) is 4.79 Å². The number of para-hydroxylation sites is 1. The van der Waals surface area contributed by atoms with Crippen molar-refractivity contribution in [3.8, 4) is 28.7 Å². The summed E-state index contributed by atoms with van der Waals surface area (Å²) in [6.45, 7) is 0. The highest BCUT2D eigenvalue weighted by Gasteiger charge is 2.17. The van der Waals surface area contributed by atoms with Crippen molar-refractivity contribution in [3.05, 3.63) is 52.9 Å². The molecule has 0 radical (unpaired) electrons. The number of ether oxygens (including phenoxy) is 2. The Morgan fingerprint density at radius 2 is 1.79 bits per heavy atom. The molecule has 0 fully saturated rings. The Morgan fingerprint density at radius 1 is 1.11 bits per heavy atom. The number of rotatable bonds is 7. The first-order valence-corrected chi connectivity index (χ1v) is 8.79. The third kappa shape index (κ3) is 4.44. The van der Waals surface area contributed by atoms with E-state index < -0.39 is 5.97 Å². The summed E-state index contributed by atoms with van der Waals surface area (Å²) < 4.78 is 16.0. The Hall–Kier alpha value is -3.46. The van der Waals surface area contributed by atoms with Gasteiger partial charge >= 0.3 is 5.97 Å². The van der Waals surface area contributed by atoms with Crippen molar-refractivity contribution in [1.82, 2.24) is 10.2 Å². The summed E-state index contributed by atoms with van der Waals surface area (Å²) in [7, 11) is 3.05. The zero-order valence-electron chi connectivity index (χ0n) is 14.9. The van der Waals surface area contributed by atoms with Crippen LogP contribution in [0.2, 0.25) is 0 Å². The van der Waals surface area contributed by atoms with Gasteiger partial charge in [0.2, 0.25) is 5.89 Å². The molecule has 0 aliphatic rings. The maximum absolute atomic E-state index is 11.6. The van der Waals surface area contributed by atoms with Crippen molar-refractivity contribution >= 4 is 23.8 Å². The van der Waals surface area contributed by atoms with Crippen molar-refractivity contribution in [2.24, 2.45) is 0 Å². The molecule has 3 rings (SSSR count). The molecular weight excluding hydrogens is 384 g/mol. The first-order chi connectivity index (χ1) is 13.5. The maximum Gasteiger partial charge on any atom is 0.342 e. The molecule has 0 saturated heterocycles. The van der Waals surface area contributed by atoms with Gasteiger partial charge in [0.1, 0.15) is 22.2 Å². The van der Waals surface area contributed by atoms with E-state index in [1.165, 1.54) is 26.4 Å². The van der Waals surface area contributed by atoms with Gasteiger partial charge in [0.15, 0.2) is 0 Å². The zero-order chi connectivity index (χ0) is 20.1. The fraction of sp³-hybridized carbons (Fsp3) is 0.105. The minimum atomic E-state index is -1.18. The Balaban J connectivity index is 1.89. The molecule has 28 heavy (non-hydrogen) atoms. The normalized spacial score (nSPS) is 11.3. The Morgan fingerprint density at radius 3 is 2.39 bits per heavy atom. The fourth-order valence-electron chi connectivity index (χ4n) is 2.28. The minimum absolute atomic E-state index is 0.0310. The van der Waals surface area contributed by atoms with Crippen LogP contribution in [0.4, 0.5) is 0 Å². The molecule has 0 unspecified atom stereocenters. The molecule has 2 N–H and O–H groups in total. The summed E-state index contributed by atoms with van der Waals surface area (Å²) in [5.74, 6) is 0.0689. The van der Waals surface area contributed by atoms with Crippen LogP contribution in [0, 0.1) is 0 Å². The van der Waals surface area contributed by atoms with E-state index in [2.05, 4.69) is 10.2 Å². The molecule has 0 aliphatic carbocycles. The second-order valence-electron chi connectivity index (χ2n) is 5.45. The highest BCUT2D eigenvalue weighted by Crippen LogP contribution is 2.33. The number of methoxy groups -OCH3 is 2. The van der Waals surface area contributed by atoms with Crippen LogP contribution in [0.3, 0.4) is 0 Å². The number of aromatic hydroxyl groups is 1. The van der Waals surface area contributed by atoms with E-state index >= 15 is 0 Å². The molecule has 2 aromatic carbocycles. The maximum atomic E-state index is 11.6. The van der Waals surface area contributed by atoms with Gasteiger partial charge in [0.05, 0.1) is 14.2 Å². The van der Waals surface area contributed by atoms with Crippen LogP contribution in [0.5, 0.6) is 17.2 Å². The smallest absolute Gasteiger partial charge is 0.342 e. The van der Waals surface area contributed by atoms with Crippen LogP contribution in [-0.4, -0.2) is 40.6 Å². The van der Waals surface area contributed by atoms with Gasteiger partial charge in [-0.3, -0.25) is 0 Å². The lowest BCUT2D eigenvalue weighted by Crippen LogP contribution is -1.96. The van der Waals surface area contributed by atoms with E-state index in [0.717, 1.165) is 11.8 Å². The number of phenols is 1. The van der Waals surface area contributed by atoms with Gasteiger partial charge in [-0.25, -0.2) is 4.79 Å². The van der Waals surface area contributed by atoms with Gasteiger partial charge in [-0.05, 0) is 36.0 Å². The quantitative estimate of drug-likeness (QED) is 0.453. The van der Waals surface area contributed by atoms with E-state index in [4.69, 9.17) is 13.9 Å². The minimum Gasteiger partial charge on any atom is -0.507 e. The standard InChI is InChI=1S/C19H16N2O6S/c1-25-13-7-12(8-14(10-13)26-2)17-20-21-19(27-17)28-16(18(23)24)9-11-5-3-4-6-15(11)22/h3-10,22H,1-2H3,(H,23,24)/b16-9-. The molecule has 0 amide bonds. The van der Waals surface area contributed by atoms with Gasteiger partial charge in [-0.1, -0.05) is 18.2 Å². The van der Waals surface area contributed by atoms with Crippen LogP contribution in [0.1, 0.15) is 5.56 Å². The molecule has 0 saturated carbocycles. The van der Waals surface area contributed by atoms with Crippen molar-refractivity contribution in [2.75, 3.05) is 14.2 Å². The van der Waals surface area contributed by atoms with Crippen LogP contribution < -0.4 is 9.47 Å².